The third kappa shape index (κ3) is 7.32. The number of methoxy groups -OCH3 is 2. The van der Waals surface area contributed by atoms with Gasteiger partial charge in [-0.1, -0.05) is 29.8 Å². The van der Waals surface area contributed by atoms with Gasteiger partial charge in [-0.2, -0.15) is 5.10 Å². The number of carbonyl (C=O) groups is 2. The zero-order valence-corrected chi connectivity index (χ0v) is 22.1. The maximum absolute atomic E-state index is 12.4. The Balaban J connectivity index is 1.58. The van der Waals surface area contributed by atoms with Crippen LogP contribution in [0, 0.1) is 12.8 Å². The van der Waals surface area contributed by atoms with Crippen LogP contribution in [0.25, 0.3) is 0 Å². The number of nitrogens with one attached hydrogen (secondary N) is 2. The molecule has 0 fully saturated rings. The predicted molar refractivity (Wildman–Crippen MR) is 143 cm³/mol. The molecular formula is C27H28BrN3O5. The molecule has 2 amide bonds. The van der Waals surface area contributed by atoms with Crippen LogP contribution in [-0.4, -0.2) is 32.2 Å². The number of amides is 2. The highest BCUT2D eigenvalue weighted by Crippen LogP contribution is 2.36. The van der Waals surface area contributed by atoms with E-state index in [9.17, 15) is 9.59 Å². The van der Waals surface area contributed by atoms with Crippen LogP contribution < -0.4 is 25.0 Å². The molecule has 2 N–H and O–H groups in total. The lowest BCUT2D eigenvalue weighted by molar-refractivity contribution is -0.131. The fourth-order valence-corrected chi connectivity index (χ4v) is 3.68. The van der Waals surface area contributed by atoms with Gasteiger partial charge in [-0.25, -0.2) is 5.43 Å². The molecule has 0 aliphatic heterocycles. The average molecular weight is 554 g/mol. The minimum atomic E-state index is -0.955. The van der Waals surface area contributed by atoms with Crippen molar-refractivity contribution in [3.8, 4) is 17.2 Å². The van der Waals surface area contributed by atoms with Crippen LogP contribution >= 0.6 is 15.9 Å². The molecule has 0 saturated heterocycles. The molecule has 3 rings (SSSR count). The summed E-state index contributed by atoms with van der Waals surface area (Å²) in [7, 11) is 3.11. The average Bonchev–Trinajstić information content (AvgIpc) is 2.88. The van der Waals surface area contributed by atoms with Crippen molar-refractivity contribution in [2.75, 3.05) is 19.5 Å². The van der Waals surface area contributed by atoms with Gasteiger partial charge in [-0.3, -0.25) is 9.59 Å². The van der Waals surface area contributed by atoms with Gasteiger partial charge in [0, 0.05) is 5.69 Å². The number of nitrogens with zero attached hydrogens (tertiary/aromatic N) is 1. The summed E-state index contributed by atoms with van der Waals surface area (Å²) < 4.78 is 17.2. The highest BCUT2D eigenvalue weighted by molar-refractivity contribution is 9.10. The van der Waals surface area contributed by atoms with Crippen molar-refractivity contribution in [3.63, 3.8) is 0 Å². The third-order valence-corrected chi connectivity index (χ3v) is 5.88. The summed E-state index contributed by atoms with van der Waals surface area (Å²) in [5.41, 5.74) is 5.84. The van der Waals surface area contributed by atoms with E-state index in [1.165, 1.54) is 18.7 Å². The number of hydrogen-bond donors (Lipinski definition) is 2. The Hall–Kier alpha value is -3.85. The molecule has 188 valence electrons. The van der Waals surface area contributed by atoms with Crippen LogP contribution in [0.1, 0.15) is 23.6 Å². The number of anilines is 1. The molecule has 0 heterocycles. The van der Waals surface area contributed by atoms with Gasteiger partial charge in [0.1, 0.15) is 18.3 Å². The first-order chi connectivity index (χ1) is 17.3. The number of hydrogen-bond acceptors (Lipinski definition) is 6. The SMILES string of the molecule is COc1ccc(NC(=O)C(C)C(=O)NN=Cc2cc(Br)c(OCc3ccc(C)cc3)c(OC)c2)cc1. The van der Waals surface area contributed by atoms with Gasteiger partial charge >= 0.3 is 0 Å². The highest BCUT2D eigenvalue weighted by Gasteiger charge is 2.21. The van der Waals surface area contributed by atoms with Gasteiger partial charge in [-0.15, -0.1) is 0 Å². The monoisotopic (exact) mass is 553 g/mol. The number of benzene rings is 3. The van der Waals surface area contributed by atoms with Gasteiger partial charge in [0.25, 0.3) is 5.91 Å². The van der Waals surface area contributed by atoms with Crippen molar-refractivity contribution < 1.29 is 23.8 Å². The Labute approximate surface area is 218 Å². The van der Waals surface area contributed by atoms with E-state index in [0.717, 1.165) is 5.56 Å². The molecule has 3 aromatic rings. The van der Waals surface area contributed by atoms with Crippen molar-refractivity contribution >= 4 is 39.6 Å². The highest BCUT2D eigenvalue weighted by atomic mass is 79.9. The Bertz CT molecular complexity index is 1230. The molecule has 0 aliphatic rings. The van der Waals surface area contributed by atoms with Crippen LogP contribution in [0.3, 0.4) is 0 Å². The fraction of sp³-hybridized carbons (Fsp3) is 0.222. The number of carbonyl (C=O) groups excluding carboxylic acids is 2. The molecule has 8 nitrogen and oxygen atoms in total. The second kappa shape index (κ2) is 12.7. The molecule has 0 aromatic heterocycles. The first-order valence-electron chi connectivity index (χ1n) is 11.1. The van der Waals surface area contributed by atoms with Crippen LogP contribution in [0.5, 0.6) is 17.2 Å². The minimum absolute atomic E-state index is 0.384. The molecule has 9 heteroatoms. The fourth-order valence-electron chi connectivity index (χ4n) is 3.11. The summed E-state index contributed by atoms with van der Waals surface area (Å²) >= 11 is 3.51. The number of aryl methyl sites for hydroxylation is 1. The Morgan fingerprint density at radius 3 is 2.33 bits per heavy atom. The minimum Gasteiger partial charge on any atom is -0.497 e. The van der Waals surface area contributed by atoms with E-state index >= 15 is 0 Å². The molecule has 1 atom stereocenters. The number of hydrazone groups is 1. The standard InChI is InChI=1S/C27H28BrN3O5/c1-17-5-7-19(8-6-17)16-36-25-23(28)13-20(14-24(25)35-4)15-29-31-27(33)18(2)26(32)30-21-9-11-22(34-3)12-10-21/h5-15,18H,16H2,1-4H3,(H,30,32)(H,31,33). The Morgan fingerprint density at radius 1 is 1.00 bits per heavy atom. The van der Waals surface area contributed by atoms with E-state index in [0.29, 0.717) is 39.6 Å². The molecule has 1 unspecified atom stereocenters. The molecule has 0 aliphatic carbocycles. The summed E-state index contributed by atoms with van der Waals surface area (Å²) in [4.78, 5) is 24.8. The van der Waals surface area contributed by atoms with E-state index in [-0.39, 0.29) is 0 Å². The summed E-state index contributed by atoms with van der Waals surface area (Å²) in [6.45, 7) is 3.92. The Morgan fingerprint density at radius 2 is 1.69 bits per heavy atom. The van der Waals surface area contributed by atoms with E-state index in [1.807, 2.05) is 31.2 Å². The van der Waals surface area contributed by atoms with Crippen LogP contribution in [0.4, 0.5) is 5.69 Å². The van der Waals surface area contributed by atoms with Gasteiger partial charge in [0.15, 0.2) is 11.5 Å². The molecule has 3 aromatic carbocycles. The van der Waals surface area contributed by atoms with Crippen molar-refractivity contribution in [2.24, 2.45) is 11.0 Å². The van der Waals surface area contributed by atoms with E-state index < -0.39 is 17.7 Å². The predicted octanol–water partition coefficient (Wildman–Crippen LogP) is 5.08. The molecule has 36 heavy (non-hydrogen) atoms. The smallest absolute Gasteiger partial charge is 0.252 e. The maximum atomic E-state index is 12.4. The topological polar surface area (TPSA) is 98.2 Å². The van der Waals surface area contributed by atoms with Crippen LogP contribution in [-0.2, 0) is 16.2 Å². The van der Waals surface area contributed by atoms with Gasteiger partial charge in [-0.05, 0) is 77.3 Å². The lowest BCUT2D eigenvalue weighted by Gasteiger charge is -2.14. The van der Waals surface area contributed by atoms with Crippen LogP contribution in [0.15, 0.2) is 70.2 Å². The zero-order valence-electron chi connectivity index (χ0n) is 20.5. The summed E-state index contributed by atoms with van der Waals surface area (Å²) in [6.07, 6.45) is 1.46. The second-order valence-corrected chi connectivity index (χ2v) is 8.84. The largest absolute Gasteiger partial charge is 0.497 e. The normalized spacial score (nSPS) is 11.6. The molecule has 0 saturated carbocycles. The van der Waals surface area contributed by atoms with Gasteiger partial charge < -0.3 is 19.5 Å². The second-order valence-electron chi connectivity index (χ2n) is 7.98. The van der Waals surface area contributed by atoms with E-state index in [4.69, 9.17) is 14.2 Å². The van der Waals surface area contributed by atoms with Crippen LogP contribution in [0.2, 0.25) is 0 Å². The summed E-state index contributed by atoms with van der Waals surface area (Å²) in [5, 5.41) is 6.68. The van der Waals surface area contributed by atoms with Crippen molar-refractivity contribution in [2.45, 2.75) is 20.5 Å². The lowest BCUT2D eigenvalue weighted by Crippen LogP contribution is -2.34. The zero-order chi connectivity index (χ0) is 26.1. The maximum Gasteiger partial charge on any atom is 0.252 e. The lowest BCUT2D eigenvalue weighted by atomic mass is 10.1. The molecule has 0 bridgehead atoms. The van der Waals surface area contributed by atoms with E-state index in [1.54, 1.807) is 50.6 Å². The first-order valence-corrected chi connectivity index (χ1v) is 11.9. The molecular weight excluding hydrogens is 526 g/mol. The number of rotatable bonds is 10. The van der Waals surface area contributed by atoms with Gasteiger partial charge in [0.05, 0.1) is 24.9 Å². The number of halogens is 1. The summed E-state index contributed by atoms with van der Waals surface area (Å²) in [5.74, 6) is -0.210. The molecule has 0 spiro atoms. The molecule has 0 radical (unpaired) electrons. The van der Waals surface area contributed by atoms with Gasteiger partial charge in [0.2, 0.25) is 5.91 Å². The van der Waals surface area contributed by atoms with Crippen molar-refractivity contribution in [3.05, 3.63) is 81.8 Å². The quantitative estimate of drug-likeness (QED) is 0.207. The first kappa shape index (κ1) is 26.7. The summed E-state index contributed by atoms with van der Waals surface area (Å²) in [6, 6.07) is 18.4. The van der Waals surface area contributed by atoms with E-state index in [2.05, 4.69) is 31.8 Å². The third-order valence-electron chi connectivity index (χ3n) is 5.29. The Kier molecular flexibility index (Phi) is 9.46. The number of ether oxygens (including phenoxy) is 3. The van der Waals surface area contributed by atoms with Crippen molar-refractivity contribution in [1.82, 2.24) is 5.43 Å². The van der Waals surface area contributed by atoms with Crippen molar-refractivity contribution in [1.29, 1.82) is 0 Å².